The number of hydrogen-bond donors (Lipinski definition) is 1. The van der Waals surface area contributed by atoms with E-state index in [9.17, 15) is 9.59 Å². The summed E-state index contributed by atoms with van der Waals surface area (Å²) >= 11 is 0. The molecule has 1 aliphatic rings. The SMILES string of the molecule is CC[N+]1(CC(=O)Nc2c(C)cc(OC)cc2C(=O)OC)CCCCCC1. The summed E-state index contributed by atoms with van der Waals surface area (Å²) in [4.78, 5) is 25.0. The number of carbonyl (C=O) groups is 2. The van der Waals surface area contributed by atoms with Crippen LogP contribution in [0, 0.1) is 6.92 Å². The normalized spacial score (nSPS) is 16.5. The van der Waals surface area contributed by atoms with Crippen LogP contribution in [-0.2, 0) is 9.53 Å². The first kappa shape index (κ1) is 20.2. The molecule has 144 valence electrons. The maximum absolute atomic E-state index is 12.8. The van der Waals surface area contributed by atoms with Gasteiger partial charge in [0.15, 0.2) is 6.54 Å². The van der Waals surface area contributed by atoms with Gasteiger partial charge in [-0.05, 0) is 57.2 Å². The van der Waals surface area contributed by atoms with Gasteiger partial charge in [-0.25, -0.2) is 4.79 Å². The van der Waals surface area contributed by atoms with Crippen LogP contribution < -0.4 is 10.1 Å². The average Bonchev–Trinajstić information content (AvgIpc) is 2.88. The van der Waals surface area contributed by atoms with Crippen molar-refractivity contribution in [1.82, 2.24) is 0 Å². The number of benzene rings is 1. The van der Waals surface area contributed by atoms with Gasteiger partial charge in [-0.3, -0.25) is 4.79 Å². The second kappa shape index (κ2) is 9.03. The molecule has 0 atom stereocenters. The number of carbonyl (C=O) groups excluding carboxylic acids is 2. The van der Waals surface area contributed by atoms with E-state index in [0.717, 1.165) is 42.5 Å². The molecule has 6 heteroatoms. The molecule has 1 aromatic carbocycles. The lowest BCUT2D eigenvalue weighted by atomic mass is 10.1. The number of methoxy groups -OCH3 is 2. The van der Waals surface area contributed by atoms with E-state index in [4.69, 9.17) is 9.47 Å². The monoisotopic (exact) mass is 363 g/mol. The van der Waals surface area contributed by atoms with Crippen LogP contribution in [0.25, 0.3) is 0 Å². The maximum atomic E-state index is 12.8. The van der Waals surface area contributed by atoms with Crippen molar-refractivity contribution in [3.63, 3.8) is 0 Å². The van der Waals surface area contributed by atoms with Crippen molar-refractivity contribution >= 4 is 17.6 Å². The lowest BCUT2D eigenvalue weighted by Crippen LogP contribution is -2.52. The largest absolute Gasteiger partial charge is 0.497 e. The molecular weight excluding hydrogens is 332 g/mol. The van der Waals surface area contributed by atoms with Crippen LogP contribution in [-0.4, -0.2) is 56.8 Å². The summed E-state index contributed by atoms with van der Waals surface area (Å²) in [7, 11) is 2.87. The van der Waals surface area contributed by atoms with E-state index in [1.165, 1.54) is 20.0 Å². The number of hydrogen-bond acceptors (Lipinski definition) is 4. The van der Waals surface area contributed by atoms with Gasteiger partial charge in [0.2, 0.25) is 0 Å². The Balaban J connectivity index is 2.23. The van der Waals surface area contributed by atoms with Gasteiger partial charge in [0, 0.05) is 0 Å². The molecule has 0 spiro atoms. The van der Waals surface area contributed by atoms with Crippen molar-refractivity contribution in [2.75, 3.05) is 45.7 Å². The van der Waals surface area contributed by atoms with Gasteiger partial charge >= 0.3 is 5.97 Å². The van der Waals surface area contributed by atoms with E-state index in [1.807, 2.05) is 6.92 Å². The Morgan fingerprint density at radius 3 is 2.31 bits per heavy atom. The van der Waals surface area contributed by atoms with Crippen molar-refractivity contribution in [3.05, 3.63) is 23.3 Å². The summed E-state index contributed by atoms with van der Waals surface area (Å²) in [5, 5.41) is 2.96. The van der Waals surface area contributed by atoms with Gasteiger partial charge < -0.3 is 19.3 Å². The number of aryl methyl sites for hydroxylation is 1. The van der Waals surface area contributed by atoms with Crippen LogP contribution in [0.2, 0.25) is 0 Å². The number of nitrogens with one attached hydrogen (secondary N) is 1. The molecule has 0 unspecified atom stereocenters. The molecule has 1 saturated heterocycles. The third kappa shape index (κ3) is 4.75. The second-order valence-electron chi connectivity index (χ2n) is 7.08. The Morgan fingerprint density at radius 1 is 1.12 bits per heavy atom. The highest BCUT2D eigenvalue weighted by Gasteiger charge is 2.30. The molecule has 1 aromatic rings. The fourth-order valence-corrected chi connectivity index (χ4v) is 3.74. The molecule has 0 saturated carbocycles. The van der Waals surface area contributed by atoms with Gasteiger partial charge in [-0.1, -0.05) is 0 Å². The minimum Gasteiger partial charge on any atom is -0.497 e. The second-order valence-corrected chi connectivity index (χ2v) is 7.08. The standard InChI is InChI=1S/C20H30N2O4/c1-5-22(10-8-6-7-9-11-22)14-18(23)21-19-15(2)12-16(25-3)13-17(19)20(24)26-4/h12-13H,5-11,14H2,1-4H3/p+1. The summed E-state index contributed by atoms with van der Waals surface area (Å²) in [5.41, 5.74) is 1.60. The van der Waals surface area contributed by atoms with Crippen LogP contribution in [0.4, 0.5) is 5.69 Å². The summed E-state index contributed by atoms with van der Waals surface area (Å²) < 4.78 is 10.9. The fourth-order valence-electron chi connectivity index (χ4n) is 3.74. The van der Waals surface area contributed by atoms with Gasteiger partial charge in [0.05, 0.1) is 45.1 Å². The molecule has 1 heterocycles. The van der Waals surface area contributed by atoms with E-state index in [-0.39, 0.29) is 5.91 Å². The first-order valence-electron chi connectivity index (χ1n) is 9.36. The number of likely N-dealkylation sites (N-methyl/N-ethyl adjacent to an activating group) is 1. The van der Waals surface area contributed by atoms with Crippen LogP contribution in [0.5, 0.6) is 5.75 Å². The number of likely N-dealkylation sites (tertiary alicyclic amines) is 1. The smallest absolute Gasteiger partial charge is 0.340 e. The zero-order valence-electron chi connectivity index (χ0n) is 16.4. The molecule has 0 radical (unpaired) electrons. The van der Waals surface area contributed by atoms with Crippen molar-refractivity contribution < 1.29 is 23.5 Å². The van der Waals surface area contributed by atoms with Crippen LogP contribution >= 0.6 is 0 Å². The highest BCUT2D eigenvalue weighted by atomic mass is 16.5. The first-order valence-corrected chi connectivity index (χ1v) is 9.36. The molecular formula is C20H31N2O4+. The number of amides is 1. The van der Waals surface area contributed by atoms with Crippen LogP contribution in [0.1, 0.15) is 48.5 Å². The van der Waals surface area contributed by atoms with E-state index >= 15 is 0 Å². The van der Waals surface area contributed by atoms with Crippen molar-refractivity contribution in [2.24, 2.45) is 0 Å². The Hall–Kier alpha value is -2.08. The molecule has 1 N–H and O–H groups in total. The van der Waals surface area contributed by atoms with E-state index in [2.05, 4.69) is 12.2 Å². The van der Waals surface area contributed by atoms with Crippen LogP contribution in [0.15, 0.2) is 12.1 Å². The Labute approximate surface area is 156 Å². The summed E-state index contributed by atoms with van der Waals surface area (Å²) in [6, 6.07) is 3.41. The van der Waals surface area contributed by atoms with Gasteiger partial charge in [-0.2, -0.15) is 0 Å². The number of rotatable bonds is 6. The third-order valence-corrected chi connectivity index (χ3v) is 5.38. The molecule has 2 rings (SSSR count). The van der Waals surface area contributed by atoms with Crippen LogP contribution in [0.3, 0.4) is 0 Å². The van der Waals surface area contributed by atoms with Gasteiger partial charge in [-0.15, -0.1) is 0 Å². The predicted molar refractivity (Wildman–Crippen MR) is 102 cm³/mol. The van der Waals surface area contributed by atoms with Gasteiger partial charge in [0.1, 0.15) is 5.75 Å². The zero-order chi connectivity index (χ0) is 19.2. The van der Waals surface area contributed by atoms with Crippen molar-refractivity contribution in [1.29, 1.82) is 0 Å². The molecule has 1 amide bonds. The van der Waals surface area contributed by atoms with E-state index in [1.54, 1.807) is 19.2 Å². The minimum absolute atomic E-state index is 0.0628. The Morgan fingerprint density at radius 2 is 1.77 bits per heavy atom. The molecule has 0 aliphatic carbocycles. The van der Waals surface area contributed by atoms with Crippen molar-refractivity contribution in [2.45, 2.75) is 39.5 Å². The minimum atomic E-state index is -0.489. The lowest BCUT2D eigenvalue weighted by Gasteiger charge is -2.36. The lowest BCUT2D eigenvalue weighted by molar-refractivity contribution is -0.918. The summed E-state index contributed by atoms with van der Waals surface area (Å²) in [6.45, 7) is 7.45. The molecule has 0 bridgehead atoms. The van der Waals surface area contributed by atoms with Gasteiger partial charge in [0.25, 0.3) is 5.91 Å². The first-order chi connectivity index (χ1) is 12.4. The zero-order valence-corrected chi connectivity index (χ0v) is 16.4. The number of esters is 1. The average molecular weight is 363 g/mol. The third-order valence-electron chi connectivity index (χ3n) is 5.38. The maximum Gasteiger partial charge on any atom is 0.340 e. The molecule has 1 aliphatic heterocycles. The topological polar surface area (TPSA) is 64.6 Å². The highest BCUT2D eigenvalue weighted by molar-refractivity contribution is 6.02. The molecule has 26 heavy (non-hydrogen) atoms. The van der Waals surface area contributed by atoms with E-state index in [0.29, 0.717) is 23.5 Å². The number of anilines is 1. The molecule has 1 fully saturated rings. The van der Waals surface area contributed by atoms with Crippen molar-refractivity contribution in [3.8, 4) is 5.75 Å². The predicted octanol–water partition coefficient (Wildman–Crippen LogP) is 3.14. The number of quaternary nitrogens is 1. The fraction of sp³-hybridized carbons (Fsp3) is 0.600. The highest BCUT2D eigenvalue weighted by Crippen LogP contribution is 2.28. The molecule has 6 nitrogen and oxygen atoms in total. The molecule has 0 aromatic heterocycles. The number of ether oxygens (including phenoxy) is 2. The van der Waals surface area contributed by atoms with E-state index < -0.39 is 5.97 Å². The summed E-state index contributed by atoms with van der Waals surface area (Å²) in [5.74, 6) is 0.00843. The Bertz CT molecular complexity index is 649. The quantitative estimate of drug-likeness (QED) is 0.623. The number of nitrogens with zero attached hydrogens (tertiary/aromatic N) is 1. The Kier molecular flexibility index (Phi) is 7.03. The summed E-state index contributed by atoms with van der Waals surface area (Å²) in [6.07, 6.45) is 4.81.